The van der Waals surface area contributed by atoms with Gasteiger partial charge in [-0.15, -0.1) is 0 Å². The number of phosphoric ester groups is 1. The van der Waals surface area contributed by atoms with Crippen LogP contribution in [0.3, 0.4) is 0 Å². The lowest BCUT2D eigenvalue weighted by atomic mass is 9.95. The number of halogens is 2. The smallest absolute Gasteiger partial charge is 0.386 e. The Morgan fingerprint density at radius 3 is 2.39 bits per heavy atom. The van der Waals surface area contributed by atoms with E-state index in [2.05, 4.69) is 18.2 Å². The topological polar surface area (TPSA) is 257 Å². The van der Waals surface area contributed by atoms with Crippen LogP contribution < -0.4 is 11.2 Å². The first kappa shape index (κ1) is 28.0. The van der Waals surface area contributed by atoms with E-state index in [-0.39, 0.29) is 4.68 Å². The van der Waals surface area contributed by atoms with E-state index in [0.29, 0.717) is 6.20 Å². The lowest BCUT2D eigenvalue weighted by Gasteiger charge is -2.25. The first-order valence-electron chi connectivity index (χ1n) is 8.06. The first-order chi connectivity index (χ1) is 14.9. The average molecular weight is 560 g/mol. The Kier molecular flexibility index (Phi) is 8.27. The van der Waals surface area contributed by atoms with Crippen LogP contribution in [0.5, 0.6) is 0 Å². The van der Waals surface area contributed by atoms with Gasteiger partial charge in [-0.25, -0.2) is 22.9 Å². The van der Waals surface area contributed by atoms with E-state index >= 15 is 4.39 Å². The molecule has 0 spiro atoms. The van der Waals surface area contributed by atoms with E-state index in [4.69, 9.17) is 26.1 Å². The van der Waals surface area contributed by atoms with E-state index in [1.165, 1.54) is 0 Å². The van der Waals surface area contributed by atoms with Crippen LogP contribution >= 0.6 is 35.1 Å². The minimum atomic E-state index is -5.85. The summed E-state index contributed by atoms with van der Waals surface area (Å²) >= 11 is 5.21. The van der Waals surface area contributed by atoms with Crippen LogP contribution in [0.25, 0.3) is 0 Å². The fourth-order valence-electron chi connectivity index (χ4n) is 2.62. The van der Waals surface area contributed by atoms with Crippen LogP contribution in [0, 0.1) is 11.3 Å². The van der Waals surface area contributed by atoms with Gasteiger partial charge in [0, 0.05) is 5.38 Å². The quantitative estimate of drug-likeness (QED) is 0.162. The SMILES string of the molecule is C[C@@H](OP(=O)(O)OP(=O)(O)OP(=O)(O)O)[C@H]1O[C@@H](n2ncc(=O)[nH]c2=O)C(F)(C#CCl)[C@H]1O. The number of hydrogen-bond donors (Lipinski definition) is 6. The summed E-state index contributed by atoms with van der Waals surface area (Å²) in [4.78, 5) is 60.7. The normalized spacial score (nSPS) is 30.0. The van der Waals surface area contributed by atoms with E-state index in [1.807, 2.05) is 0 Å². The Labute approximate surface area is 186 Å². The van der Waals surface area contributed by atoms with Gasteiger partial charge < -0.3 is 29.4 Å². The molecule has 2 heterocycles. The van der Waals surface area contributed by atoms with Gasteiger partial charge in [0.1, 0.15) is 18.4 Å². The third-order valence-corrected chi connectivity index (χ3v) is 7.78. The molecule has 0 radical (unpaired) electrons. The van der Waals surface area contributed by atoms with Crippen molar-refractivity contribution >= 4 is 35.1 Å². The molecule has 1 aliphatic rings. The number of aromatic nitrogens is 3. The maximum atomic E-state index is 15.5. The Hall–Kier alpha value is -1.28. The molecule has 2 rings (SSSR count). The van der Waals surface area contributed by atoms with Crippen molar-refractivity contribution in [2.75, 3.05) is 0 Å². The lowest BCUT2D eigenvalue weighted by Crippen LogP contribution is -2.46. The third kappa shape index (κ3) is 6.87. The van der Waals surface area contributed by atoms with Gasteiger partial charge in [-0.05, 0) is 24.4 Å². The number of H-pyrrole nitrogens is 1. The highest BCUT2D eigenvalue weighted by atomic mass is 35.5. The fourth-order valence-corrected chi connectivity index (χ4v) is 5.96. The largest absolute Gasteiger partial charge is 0.490 e. The zero-order chi connectivity index (χ0) is 25.4. The molecule has 0 aromatic carbocycles. The summed E-state index contributed by atoms with van der Waals surface area (Å²) in [7, 11) is -17.2. The Morgan fingerprint density at radius 1 is 1.27 bits per heavy atom. The molecule has 3 unspecified atom stereocenters. The third-order valence-electron chi connectivity index (χ3n) is 3.76. The van der Waals surface area contributed by atoms with Gasteiger partial charge in [-0.2, -0.15) is 18.4 Å². The molecule has 7 atom stereocenters. The molecular formula is C11H14ClFN3O14P3. The maximum absolute atomic E-state index is 15.5. The summed E-state index contributed by atoms with van der Waals surface area (Å²) < 4.78 is 66.5. The molecule has 0 saturated carbocycles. The van der Waals surface area contributed by atoms with Crippen LogP contribution in [-0.2, 0) is 31.6 Å². The molecule has 22 heteroatoms. The van der Waals surface area contributed by atoms with Crippen molar-refractivity contribution in [1.82, 2.24) is 14.8 Å². The number of aliphatic hydroxyl groups excluding tert-OH is 1. The first-order valence-corrected chi connectivity index (χ1v) is 13.0. The van der Waals surface area contributed by atoms with Crippen molar-refractivity contribution in [2.45, 2.75) is 37.1 Å². The van der Waals surface area contributed by atoms with Crippen molar-refractivity contribution in [3.05, 3.63) is 27.0 Å². The Balaban J connectivity index is 2.32. The molecule has 186 valence electrons. The molecular weight excluding hydrogens is 546 g/mol. The van der Waals surface area contributed by atoms with Gasteiger partial charge in [0.25, 0.3) is 5.56 Å². The molecule has 0 bridgehead atoms. The molecule has 0 aliphatic carbocycles. The molecule has 33 heavy (non-hydrogen) atoms. The number of aromatic amines is 1. The maximum Gasteiger partial charge on any atom is 0.490 e. The monoisotopic (exact) mass is 559 g/mol. The standard InChI is InChI=1S/C11H14ClFN3O14P3/c1-5(28-32(23,24)30-33(25,26)29-31(20,21)22)7-8(18)11(13,2-3-12)9(27-7)16-10(19)15-6(17)4-14-16/h4-5,7-9,18H,1H3,(H,23,24)(H,25,26)(H,15,17,19)(H2,20,21,22)/t5-,7-,8+,9-,11?/m1/s1. The van der Waals surface area contributed by atoms with Gasteiger partial charge in [0.2, 0.25) is 11.9 Å². The summed E-state index contributed by atoms with van der Waals surface area (Å²) in [5.74, 6) is 1.75. The second kappa shape index (κ2) is 9.76. The number of hydrogen-bond acceptors (Lipinski definition) is 11. The molecule has 1 fully saturated rings. The van der Waals surface area contributed by atoms with Gasteiger partial charge >= 0.3 is 29.2 Å². The van der Waals surface area contributed by atoms with Crippen LogP contribution in [0.4, 0.5) is 4.39 Å². The predicted octanol–water partition coefficient (Wildman–Crippen LogP) is -1.17. The van der Waals surface area contributed by atoms with Crippen LogP contribution in [-0.4, -0.2) is 63.4 Å². The van der Waals surface area contributed by atoms with Crippen LogP contribution in [0.1, 0.15) is 13.2 Å². The number of aliphatic hydroxyl groups is 1. The van der Waals surface area contributed by atoms with Crippen molar-refractivity contribution in [3.8, 4) is 11.3 Å². The molecule has 0 amide bonds. The lowest BCUT2D eigenvalue weighted by molar-refractivity contribution is -0.0828. The summed E-state index contributed by atoms with van der Waals surface area (Å²) in [6.07, 6.45) is -7.82. The Morgan fingerprint density at radius 2 is 1.88 bits per heavy atom. The van der Waals surface area contributed by atoms with Crippen molar-refractivity contribution in [3.63, 3.8) is 0 Å². The number of nitrogens with one attached hydrogen (secondary N) is 1. The van der Waals surface area contributed by atoms with Gasteiger partial charge in [-0.3, -0.25) is 14.3 Å². The molecule has 17 nitrogen and oxygen atoms in total. The summed E-state index contributed by atoms with van der Waals surface area (Å²) in [6, 6.07) is 0. The zero-order valence-corrected chi connectivity index (χ0v) is 19.2. The number of ether oxygens (including phenoxy) is 1. The summed E-state index contributed by atoms with van der Waals surface area (Å²) in [6.45, 7) is 0.881. The fraction of sp³-hybridized carbons (Fsp3) is 0.545. The molecule has 1 aromatic heterocycles. The van der Waals surface area contributed by atoms with Crippen LogP contribution in [0.15, 0.2) is 15.8 Å². The van der Waals surface area contributed by atoms with Crippen molar-refractivity contribution < 1.29 is 60.6 Å². The zero-order valence-electron chi connectivity index (χ0n) is 15.8. The highest BCUT2D eigenvalue weighted by Crippen LogP contribution is 2.66. The molecule has 6 N–H and O–H groups in total. The number of alkyl halides is 1. The molecule has 1 saturated heterocycles. The number of rotatable bonds is 8. The molecule has 1 aromatic rings. The van der Waals surface area contributed by atoms with E-state index in [9.17, 15) is 38.2 Å². The molecule has 1 aliphatic heterocycles. The number of phosphoric acid groups is 3. The average Bonchev–Trinajstić information content (AvgIpc) is 2.83. The van der Waals surface area contributed by atoms with Gasteiger partial charge in [0.05, 0.1) is 6.10 Å². The van der Waals surface area contributed by atoms with Gasteiger partial charge in [-0.1, -0.05) is 0 Å². The highest BCUT2D eigenvalue weighted by Gasteiger charge is 2.61. The van der Waals surface area contributed by atoms with Crippen molar-refractivity contribution in [2.24, 2.45) is 0 Å². The van der Waals surface area contributed by atoms with E-state index in [1.54, 1.807) is 16.3 Å². The van der Waals surface area contributed by atoms with E-state index < -0.39 is 64.9 Å². The Bertz CT molecular complexity index is 1220. The summed E-state index contributed by atoms with van der Waals surface area (Å²) in [5.41, 5.74) is -5.45. The van der Waals surface area contributed by atoms with Gasteiger partial charge in [0.15, 0.2) is 0 Å². The minimum absolute atomic E-state index is 0.239. The minimum Gasteiger partial charge on any atom is -0.386 e. The highest BCUT2D eigenvalue weighted by molar-refractivity contribution is 7.66. The second-order valence-corrected chi connectivity index (χ2v) is 10.7. The number of nitrogens with zero attached hydrogens (tertiary/aromatic N) is 2. The van der Waals surface area contributed by atoms with Crippen LogP contribution in [0.2, 0.25) is 0 Å². The van der Waals surface area contributed by atoms with Crippen molar-refractivity contribution in [1.29, 1.82) is 0 Å². The second-order valence-electron chi connectivity index (χ2n) is 6.17. The predicted molar refractivity (Wildman–Crippen MR) is 101 cm³/mol. The summed E-state index contributed by atoms with van der Waals surface area (Å²) in [5, 5.41) is 15.4. The van der Waals surface area contributed by atoms with E-state index in [0.717, 1.165) is 6.92 Å².